The number of nitrogens with one attached hydrogen (secondary N) is 1. The summed E-state index contributed by atoms with van der Waals surface area (Å²) in [5.74, 6) is 0.108. The maximum absolute atomic E-state index is 10.6. The zero-order valence-corrected chi connectivity index (χ0v) is 9.26. The Morgan fingerprint density at radius 3 is 2.65 bits per heavy atom. The monoisotopic (exact) mass is 260 g/mol. The standard InChI is InChI=1S/C6H9N6O4P/c7-3-2-4(11-5(8)9-2)12-6(10-3)16-1-17(13,14)15/h1H2,(H2,13,14,15)(H5,7,8,9,10,11,12). The minimum atomic E-state index is -4.30. The molecule has 0 aliphatic rings. The van der Waals surface area contributed by atoms with Gasteiger partial charge in [-0.05, 0) is 0 Å². The number of rotatable bonds is 3. The van der Waals surface area contributed by atoms with E-state index in [9.17, 15) is 4.57 Å². The molecule has 0 aliphatic carbocycles. The average Bonchev–Trinajstić information content (AvgIpc) is 2.55. The number of aromatic amines is 1. The van der Waals surface area contributed by atoms with Crippen molar-refractivity contribution in [1.29, 1.82) is 0 Å². The molecule has 0 atom stereocenters. The highest BCUT2D eigenvalue weighted by Crippen LogP contribution is 2.34. The Morgan fingerprint density at radius 1 is 1.29 bits per heavy atom. The fourth-order valence-electron chi connectivity index (χ4n) is 1.12. The molecule has 2 aromatic rings. The summed E-state index contributed by atoms with van der Waals surface area (Å²) in [6.07, 6.45) is -0.832. The molecule has 92 valence electrons. The number of fused-ring (bicyclic) bond motifs is 1. The van der Waals surface area contributed by atoms with Gasteiger partial charge in [-0.1, -0.05) is 0 Å². The summed E-state index contributed by atoms with van der Waals surface area (Å²) < 4.78 is 15.3. The zero-order chi connectivity index (χ0) is 12.6. The third kappa shape index (κ3) is 2.61. The minimum Gasteiger partial charge on any atom is -0.450 e. The van der Waals surface area contributed by atoms with Crippen LogP contribution in [0.1, 0.15) is 0 Å². The van der Waals surface area contributed by atoms with E-state index in [2.05, 4.69) is 19.9 Å². The Balaban J connectivity index is 2.33. The first-order valence-electron chi connectivity index (χ1n) is 4.31. The highest BCUT2D eigenvalue weighted by atomic mass is 31.2. The van der Waals surface area contributed by atoms with Crippen LogP contribution in [0.5, 0.6) is 6.01 Å². The molecule has 0 unspecified atom stereocenters. The second-order valence-electron chi connectivity index (χ2n) is 3.15. The molecular weight excluding hydrogens is 251 g/mol. The van der Waals surface area contributed by atoms with Crippen molar-refractivity contribution < 1.29 is 19.1 Å². The minimum absolute atomic E-state index is 0.00339. The summed E-state index contributed by atoms with van der Waals surface area (Å²) in [6, 6.07) is -0.262. The molecule has 2 aromatic heterocycles. The molecule has 0 radical (unpaired) electrons. The normalized spacial score (nSPS) is 11.9. The van der Waals surface area contributed by atoms with E-state index in [1.807, 2.05) is 0 Å². The third-order valence-electron chi connectivity index (χ3n) is 1.73. The van der Waals surface area contributed by atoms with E-state index in [1.165, 1.54) is 0 Å². The van der Waals surface area contributed by atoms with Gasteiger partial charge in [-0.25, -0.2) is 4.98 Å². The maximum atomic E-state index is 10.6. The van der Waals surface area contributed by atoms with E-state index in [0.717, 1.165) is 0 Å². The number of nitrogens with two attached hydrogens (primary N) is 2. The molecule has 0 aliphatic heterocycles. The van der Waals surface area contributed by atoms with Crippen LogP contribution in [-0.2, 0) is 4.57 Å². The highest BCUT2D eigenvalue weighted by molar-refractivity contribution is 7.51. The summed E-state index contributed by atoms with van der Waals surface area (Å²) in [4.78, 5) is 31.2. The average molecular weight is 260 g/mol. The summed E-state index contributed by atoms with van der Waals surface area (Å²) in [5.41, 5.74) is 11.4. The number of nitrogen functional groups attached to an aromatic ring is 2. The molecular formula is C6H9N6O4P. The Hall–Kier alpha value is -1.90. The van der Waals surface area contributed by atoms with Gasteiger partial charge < -0.3 is 31.0 Å². The van der Waals surface area contributed by atoms with Gasteiger partial charge in [0.1, 0.15) is 0 Å². The van der Waals surface area contributed by atoms with Crippen molar-refractivity contribution in [3.05, 3.63) is 0 Å². The van der Waals surface area contributed by atoms with Crippen LogP contribution < -0.4 is 16.2 Å². The smallest absolute Gasteiger partial charge is 0.362 e. The topological polar surface area (TPSA) is 173 Å². The quantitative estimate of drug-likeness (QED) is 0.435. The first-order chi connectivity index (χ1) is 7.85. The van der Waals surface area contributed by atoms with E-state index in [0.29, 0.717) is 0 Å². The van der Waals surface area contributed by atoms with Crippen molar-refractivity contribution in [2.45, 2.75) is 0 Å². The summed E-state index contributed by atoms with van der Waals surface area (Å²) >= 11 is 0. The van der Waals surface area contributed by atoms with Gasteiger partial charge in [-0.15, -0.1) is 0 Å². The SMILES string of the molecule is Nc1nc2c(N)nc(OCP(=O)(O)O)nc2[nH]1. The van der Waals surface area contributed by atoms with Gasteiger partial charge in [0, 0.05) is 0 Å². The van der Waals surface area contributed by atoms with E-state index in [4.69, 9.17) is 26.0 Å². The number of aromatic nitrogens is 4. The van der Waals surface area contributed by atoms with Crippen LogP contribution in [0.15, 0.2) is 0 Å². The molecule has 0 aromatic carbocycles. The van der Waals surface area contributed by atoms with Gasteiger partial charge in [0.2, 0.25) is 0 Å². The lowest BCUT2D eigenvalue weighted by molar-refractivity contribution is 0.287. The van der Waals surface area contributed by atoms with Crippen molar-refractivity contribution in [3.8, 4) is 6.01 Å². The number of anilines is 2. The summed E-state index contributed by atoms with van der Waals surface area (Å²) in [5, 5.41) is 0. The first-order valence-corrected chi connectivity index (χ1v) is 6.11. The fraction of sp³-hybridized carbons (Fsp3) is 0.167. The van der Waals surface area contributed by atoms with Gasteiger partial charge in [-0.3, -0.25) is 4.57 Å². The van der Waals surface area contributed by atoms with Crippen LogP contribution in [0.2, 0.25) is 0 Å². The molecule has 0 saturated carbocycles. The Bertz CT molecular complexity index is 606. The van der Waals surface area contributed by atoms with Crippen LogP contribution in [-0.4, -0.2) is 36.1 Å². The summed E-state index contributed by atoms with van der Waals surface area (Å²) in [7, 11) is -4.30. The van der Waals surface area contributed by atoms with Crippen molar-refractivity contribution in [2.75, 3.05) is 17.8 Å². The Labute approximate surface area is 94.2 Å². The predicted octanol–water partition coefficient (Wildman–Crippen LogP) is -0.969. The number of ether oxygens (including phenoxy) is 1. The lowest BCUT2D eigenvalue weighted by atomic mass is 10.5. The number of H-pyrrole nitrogens is 1. The molecule has 0 spiro atoms. The molecule has 17 heavy (non-hydrogen) atoms. The van der Waals surface area contributed by atoms with Gasteiger partial charge >= 0.3 is 13.6 Å². The van der Waals surface area contributed by atoms with Gasteiger partial charge in [0.05, 0.1) is 0 Å². The molecule has 10 nitrogen and oxygen atoms in total. The van der Waals surface area contributed by atoms with Crippen LogP contribution in [0.3, 0.4) is 0 Å². The van der Waals surface area contributed by atoms with Crippen molar-refractivity contribution in [1.82, 2.24) is 19.9 Å². The van der Waals surface area contributed by atoms with Gasteiger partial charge in [-0.2, -0.15) is 9.97 Å². The molecule has 0 fully saturated rings. The van der Waals surface area contributed by atoms with Crippen molar-refractivity contribution in [3.63, 3.8) is 0 Å². The summed E-state index contributed by atoms with van der Waals surface area (Å²) in [6.45, 7) is 0. The molecule has 2 rings (SSSR count). The predicted molar refractivity (Wildman–Crippen MR) is 58.0 cm³/mol. The molecule has 0 bridgehead atoms. The van der Waals surface area contributed by atoms with Crippen LogP contribution in [0, 0.1) is 0 Å². The van der Waals surface area contributed by atoms with Crippen LogP contribution >= 0.6 is 7.60 Å². The largest absolute Gasteiger partial charge is 0.450 e. The number of hydrogen-bond acceptors (Lipinski definition) is 7. The zero-order valence-electron chi connectivity index (χ0n) is 8.36. The van der Waals surface area contributed by atoms with Crippen molar-refractivity contribution >= 4 is 30.5 Å². The van der Waals surface area contributed by atoms with Crippen LogP contribution in [0.4, 0.5) is 11.8 Å². The van der Waals surface area contributed by atoms with Gasteiger partial charge in [0.15, 0.2) is 29.3 Å². The highest BCUT2D eigenvalue weighted by Gasteiger charge is 2.16. The van der Waals surface area contributed by atoms with Gasteiger partial charge in [0.25, 0.3) is 0 Å². The van der Waals surface area contributed by atoms with E-state index in [1.54, 1.807) is 0 Å². The number of imidazole rings is 1. The lowest BCUT2D eigenvalue weighted by Gasteiger charge is -2.05. The lowest BCUT2D eigenvalue weighted by Crippen LogP contribution is -2.04. The van der Waals surface area contributed by atoms with E-state index >= 15 is 0 Å². The van der Waals surface area contributed by atoms with Crippen LogP contribution in [0.25, 0.3) is 11.2 Å². The van der Waals surface area contributed by atoms with E-state index < -0.39 is 13.9 Å². The molecule has 0 saturated heterocycles. The molecule has 0 amide bonds. The van der Waals surface area contributed by atoms with Crippen molar-refractivity contribution in [2.24, 2.45) is 0 Å². The Morgan fingerprint density at radius 2 is 2.00 bits per heavy atom. The van der Waals surface area contributed by atoms with E-state index in [-0.39, 0.29) is 28.9 Å². The number of hydrogen-bond donors (Lipinski definition) is 5. The fourth-order valence-corrected chi connectivity index (χ4v) is 1.41. The molecule has 11 heteroatoms. The second-order valence-corrected chi connectivity index (χ2v) is 4.74. The molecule has 7 N–H and O–H groups in total. The molecule has 2 heterocycles. The number of nitrogens with zero attached hydrogens (tertiary/aromatic N) is 3. The maximum Gasteiger partial charge on any atom is 0.362 e. The Kier molecular flexibility index (Phi) is 2.62. The second kappa shape index (κ2) is 3.84. The first kappa shape index (κ1) is 11.6. The third-order valence-corrected chi connectivity index (χ3v) is 2.20.